The number of carbonyl (C=O) groups is 2. The van der Waals surface area contributed by atoms with E-state index in [0.717, 1.165) is 49.5 Å². The molecule has 6 heteroatoms. The summed E-state index contributed by atoms with van der Waals surface area (Å²) in [7, 11) is 0. The maximum Gasteiger partial charge on any atom is 0.336 e. The fourth-order valence-corrected chi connectivity index (χ4v) is 6.93. The van der Waals surface area contributed by atoms with E-state index in [9.17, 15) is 14.4 Å². The summed E-state index contributed by atoms with van der Waals surface area (Å²) in [6.45, 7) is 3.65. The van der Waals surface area contributed by atoms with Crippen LogP contribution in [-0.4, -0.2) is 17.4 Å². The Morgan fingerprint density at radius 3 is 2.58 bits per heavy atom. The first-order valence-electron chi connectivity index (χ1n) is 11.3. The average molecular weight is 424 g/mol. The van der Waals surface area contributed by atoms with Gasteiger partial charge in [0.15, 0.2) is 0 Å². The molecule has 31 heavy (non-hydrogen) atoms. The summed E-state index contributed by atoms with van der Waals surface area (Å²) in [5, 5.41) is 3.98. The number of rotatable bonds is 5. The lowest BCUT2D eigenvalue weighted by molar-refractivity contribution is -0.177. The van der Waals surface area contributed by atoms with Gasteiger partial charge in [-0.05, 0) is 68.4 Å². The van der Waals surface area contributed by atoms with Gasteiger partial charge in [0.25, 0.3) is 0 Å². The van der Waals surface area contributed by atoms with E-state index in [4.69, 9.17) is 9.15 Å². The Hall–Kier alpha value is -2.63. The molecular weight excluding hydrogens is 394 g/mol. The Balaban J connectivity index is 1.39. The zero-order chi connectivity index (χ0) is 21.8. The molecule has 1 aromatic heterocycles. The highest BCUT2D eigenvalue weighted by atomic mass is 16.5. The van der Waals surface area contributed by atoms with Gasteiger partial charge >= 0.3 is 11.6 Å². The minimum absolute atomic E-state index is 0.0283. The summed E-state index contributed by atoms with van der Waals surface area (Å²) in [6.07, 6.45) is 6.23. The van der Waals surface area contributed by atoms with E-state index >= 15 is 0 Å². The fourth-order valence-electron chi connectivity index (χ4n) is 6.93. The number of fused-ring (bicyclic) bond motifs is 1. The van der Waals surface area contributed by atoms with E-state index in [1.807, 2.05) is 25.1 Å². The van der Waals surface area contributed by atoms with Crippen LogP contribution in [0.25, 0.3) is 11.0 Å². The molecule has 4 saturated carbocycles. The van der Waals surface area contributed by atoms with Crippen molar-refractivity contribution in [2.45, 2.75) is 70.9 Å². The van der Waals surface area contributed by atoms with Crippen molar-refractivity contribution < 1.29 is 18.7 Å². The normalized spacial score (nSPS) is 31.0. The van der Waals surface area contributed by atoms with Crippen LogP contribution in [-0.2, 0) is 27.4 Å². The second-order valence-corrected chi connectivity index (χ2v) is 10.1. The van der Waals surface area contributed by atoms with Crippen molar-refractivity contribution in [1.82, 2.24) is 5.32 Å². The van der Waals surface area contributed by atoms with Crippen LogP contribution in [0.4, 0.5) is 0 Å². The Labute approximate surface area is 181 Å². The molecule has 1 aromatic carbocycles. The maximum absolute atomic E-state index is 13.4. The molecule has 0 saturated heterocycles. The second kappa shape index (κ2) is 7.21. The Kier molecular flexibility index (Phi) is 4.72. The number of carbonyl (C=O) groups excluding carboxylic acids is 2. The third-order valence-electron chi connectivity index (χ3n) is 7.60. The topological polar surface area (TPSA) is 85.6 Å². The largest absolute Gasteiger partial charge is 0.460 e. The first kappa shape index (κ1) is 20.3. The van der Waals surface area contributed by atoms with Crippen LogP contribution in [0.3, 0.4) is 0 Å². The molecule has 2 aromatic rings. The average Bonchev–Trinajstić information content (AvgIpc) is 2.69. The van der Waals surface area contributed by atoms with Crippen molar-refractivity contribution in [3.63, 3.8) is 0 Å². The SMILES string of the molecule is CCc1ccc2c(COC(=O)C34C[C@H]5C[C@@H](CC(NC(C)=O)(C5)C3)C4)cc(=O)oc2c1. The third-order valence-corrected chi connectivity index (χ3v) is 7.60. The number of amides is 1. The molecule has 0 spiro atoms. The summed E-state index contributed by atoms with van der Waals surface area (Å²) in [5.74, 6) is 0.692. The number of hydrogen-bond acceptors (Lipinski definition) is 5. The van der Waals surface area contributed by atoms with Gasteiger partial charge in [-0.3, -0.25) is 9.59 Å². The van der Waals surface area contributed by atoms with E-state index in [2.05, 4.69) is 5.32 Å². The van der Waals surface area contributed by atoms with E-state index in [0.29, 0.717) is 29.4 Å². The van der Waals surface area contributed by atoms with Gasteiger partial charge in [-0.1, -0.05) is 19.1 Å². The monoisotopic (exact) mass is 423 g/mol. The zero-order valence-corrected chi connectivity index (χ0v) is 18.2. The van der Waals surface area contributed by atoms with Crippen molar-refractivity contribution in [2.75, 3.05) is 0 Å². The number of ether oxygens (including phenoxy) is 1. The van der Waals surface area contributed by atoms with Gasteiger partial charge in [0.2, 0.25) is 5.91 Å². The van der Waals surface area contributed by atoms with Crippen molar-refractivity contribution in [2.24, 2.45) is 17.3 Å². The molecule has 1 N–H and O–H groups in total. The number of benzene rings is 1. The molecule has 164 valence electrons. The smallest absolute Gasteiger partial charge is 0.336 e. The molecule has 4 aliphatic rings. The summed E-state index contributed by atoms with van der Waals surface area (Å²) >= 11 is 0. The summed E-state index contributed by atoms with van der Waals surface area (Å²) in [6, 6.07) is 7.22. The molecule has 4 bridgehead atoms. The van der Waals surface area contributed by atoms with Crippen LogP contribution in [0.5, 0.6) is 0 Å². The lowest BCUT2D eigenvalue weighted by Crippen LogP contribution is -2.64. The highest BCUT2D eigenvalue weighted by Gasteiger charge is 2.61. The van der Waals surface area contributed by atoms with Gasteiger partial charge in [-0.15, -0.1) is 0 Å². The molecule has 0 radical (unpaired) electrons. The van der Waals surface area contributed by atoms with Crippen molar-refractivity contribution in [3.05, 3.63) is 45.8 Å². The first-order valence-corrected chi connectivity index (χ1v) is 11.3. The van der Waals surface area contributed by atoms with Crippen LogP contribution in [0.15, 0.2) is 33.5 Å². The van der Waals surface area contributed by atoms with E-state index in [-0.39, 0.29) is 24.0 Å². The van der Waals surface area contributed by atoms with Gasteiger partial charge < -0.3 is 14.5 Å². The Morgan fingerprint density at radius 2 is 1.90 bits per heavy atom. The van der Waals surface area contributed by atoms with Crippen molar-refractivity contribution >= 4 is 22.8 Å². The molecule has 1 amide bonds. The van der Waals surface area contributed by atoms with Crippen LogP contribution >= 0.6 is 0 Å². The standard InChI is InChI=1S/C25H29NO5/c1-3-16-4-5-20-19(8-22(28)31-21(20)7-16)13-30-23(29)24-9-17-6-18(10-24)12-25(11-17,14-24)26-15(2)27/h4-5,7-8,17-18H,3,6,9-14H2,1-2H3,(H,26,27)/t17-,18-,24?,25?/m1/s1. The van der Waals surface area contributed by atoms with Gasteiger partial charge in [0, 0.05) is 29.5 Å². The zero-order valence-electron chi connectivity index (χ0n) is 18.2. The number of hydrogen-bond donors (Lipinski definition) is 1. The van der Waals surface area contributed by atoms with E-state index in [1.54, 1.807) is 6.92 Å². The number of nitrogens with one attached hydrogen (secondary N) is 1. The Bertz CT molecular complexity index is 1100. The summed E-state index contributed by atoms with van der Waals surface area (Å²) in [4.78, 5) is 37.3. The minimum atomic E-state index is -0.531. The predicted molar refractivity (Wildman–Crippen MR) is 115 cm³/mol. The molecule has 4 aliphatic carbocycles. The van der Waals surface area contributed by atoms with Crippen molar-refractivity contribution in [1.29, 1.82) is 0 Å². The molecule has 6 rings (SSSR count). The lowest BCUT2D eigenvalue weighted by atomic mass is 9.47. The second-order valence-electron chi connectivity index (χ2n) is 10.1. The number of aryl methyl sites for hydroxylation is 1. The minimum Gasteiger partial charge on any atom is -0.460 e. The first-order chi connectivity index (χ1) is 14.8. The van der Waals surface area contributed by atoms with E-state index in [1.165, 1.54) is 6.07 Å². The molecule has 0 unspecified atom stereocenters. The molecule has 2 atom stereocenters. The van der Waals surface area contributed by atoms with Gasteiger partial charge in [0.05, 0.1) is 5.41 Å². The van der Waals surface area contributed by atoms with Crippen LogP contribution < -0.4 is 10.9 Å². The highest BCUT2D eigenvalue weighted by molar-refractivity contribution is 5.82. The van der Waals surface area contributed by atoms with Crippen LogP contribution in [0.2, 0.25) is 0 Å². The summed E-state index contributed by atoms with van der Waals surface area (Å²) < 4.78 is 11.2. The molecule has 0 aliphatic heterocycles. The van der Waals surface area contributed by atoms with Crippen LogP contribution in [0, 0.1) is 17.3 Å². The number of esters is 1. The predicted octanol–water partition coefficient (Wildman–Crippen LogP) is 3.87. The maximum atomic E-state index is 13.4. The third kappa shape index (κ3) is 3.56. The molecular formula is C25H29NO5. The van der Waals surface area contributed by atoms with Crippen molar-refractivity contribution in [3.8, 4) is 0 Å². The summed E-state index contributed by atoms with van der Waals surface area (Å²) in [5.41, 5.74) is 1.04. The molecule has 4 fully saturated rings. The quantitative estimate of drug-likeness (QED) is 0.583. The van der Waals surface area contributed by atoms with Gasteiger partial charge in [0.1, 0.15) is 12.2 Å². The van der Waals surface area contributed by atoms with Gasteiger partial charge in [-0.25, -0.2) is 4.79 Å². The van der Waals surface area contributed by atoms with Gasteiger partial charge in [-0.2, -0.15) is 0 Å². The molecule has 6 nitrogen and oxygen atoms in total. The van der Waals surface area contributed by atoms with E-state index < -0.39 is 11.0 Å². The fraction of sp³-hybridized carbons (Fsp3) is 0.560. The highest BCUT2D eigenvalue weighted by Crippen LogP contribution is 2.62. The molecule has 1 heterocycles. The lowest BCUT2D eigenvalue weighted by Gasteiger charge is -2.60. The Morgan fingerprint density at radius 1 is 1.16 bits per heavy atom. The van der Waals surface area contributed by atoms with Crippen LogP contribution in [0.1, 0.15) is 63.5 Å².